The second kappa shape index (κ2) is 8.09. The van der Waals surface area contributed by atoms with E-state index in [-0.39, 0.29) is 6.10 Å². The summed E-state index contributed by atoms with van der Waals surface area (Å²) in [5.41, 5.74) is 1.10. The molecule has 20 heavy (non-hydrogen) atoms. The Bertz CT molecular complexity index is 437. The molecule has 0 radical (unpaired) electrons. The van der Waals surface area contributed by atoms with Crippen molar-refractivity contribution in [2.75, 3.05) is 31.7 Å². The van der Waals surface area contributed by atoms with Crippen LogP contribution in [0.3, 0.4) is 0 Å². The largest absolute Gasteiger partial charge is 0.376 e. The first-order valence-corrected chi connectivity index (χ1v) is 8.33. The monoisotopic (exact) mass is 391 g/mol. The van der Waals surface area contributed by atoms with Crippen molar-refractivity contribution in [3.8, 4) is 0 Å². The average Bonchev–Trinajstić information content (AvgIpc) is 2.49. The summed E-state index contributed by atoms with van der Waals surface area (Å²) in [4.78, 5) is 9.33. The molecule has 1 N–H and O–H groups in total. The van der Waals surface area contributed by atoms with Crippen LogP contribution in [-0.4, -0.2) is 36.3 Å². The molecular formula is C14H22IN3O2. The number of rotatable bonds is 6. The third-order valence-corrected chi connectivity index (χ3v) is 4.20. The van der Waals surface area contributed by atoms with Crippen LogP contribution in [0.2, 0.25) is 0 Å². The zero-order chi connectivity index (χ0) is 14.4. The lowest BCUT2D eigenvalue weighted by Crippen LogP contribution is -2.25. The van der Waals surface area contributed by atoms with Crippen molar-refractivity contribution in [2.24, 2.45) is 0 Å². The first-order valence-electron chi connectivity index (χ1n) is 7.25. The summed E-state index contributed by atoms with van der Waals surface area (Å²) < 4.78 is 12.3. The van der Waals surface area contributed by atoms with Gasteiger partial charge in [-0.3, -0.25) is 0 Å². The predicted molar refractivity (Wildman–Crippen MR) is 87.0 cm³/mol. The lowest BCUT2D eigenvalue weighted by Gasteiger charge is -2.23. The molecule has 112 valence electrons. The van der Waals surface area contributed by atoms with Crippen molar-refractivity contribution in [3.63, 3.8) is 0 Å². The normalized spacial score (nSPS) is 19.1. The summed E-state index contributed by atoms with van der Waals surface area (Å²) >= 11 is 2.33. The maximum atomic E-state index is 5.72. The van der Waals surface area contributed by atoms with Gasteiger partial charge in [0.25, 0.3) is 0 Å². The van der Waals surface area contributed by atoms with Crippen LogP contribution in [0.5, 0.6) is 0 Å². The Labute approximate surface area is 134 Å². The van der Waals surface area contributed by atoms with E-state index in [1.165, 1.54) is 0 Å². The molecular weight excluding hydrogens is 369 g/mol. The van der Waals surface area contributed by atoms with Gasteiger partial charge in [-0.2, -0.15) is 0 Å². The smallest absolute Gasteiger partial charge is 0.162 e. The number of hydrogen-bond acceptors (Lipinski definition) is 5. The van der Waals surface area contributed by atoms with Gasteiger partial charge < -0.3 is 14.8 Å². The van der Waals surface area contributed by atoms with Gasteiger partial charge in [0.15, 0.2) is 5.82 Å². The highest BCUT2D eigenvalue weighted by Crippen LogP contribution is 2.25. The Morgan fingerprint density at radius 3 is 2.75 bits per heavy atom. The Morgan fingerprint density at radius 1 is 1.25 bits per heavy atom. The molecule has 1 unspecified atom stereocenters. The summed E-state index contributed by atoms with van der Waals surface area (Å²) in [5.74, 6) is 1.67. The summed E-state index contributed by atoms with van der Waals surface area (Å²) in [7, 11) is 0. The van der Waals surface area contributed by atoms with Crippen molar-refractivity contribution >= 4 is 28.4 Å². The van der Waals surface area contributed by atoms with Crippen LogP contribution >= 0.6 is 22.6 Å². The highest BCUT2D eigenvalue weighted by Gasteiger charge is 2.22. The average molecular weight is 391 g/mol. The van der Waals surface area contributed by atoms with Gasteiger partial charge >= 0.3 is 0 Å². The van der Waals surface area contributed by atoms with Gasteiger partial charge in [0, 0.05) is 6.54 Å². The Balaban J connectivity index is 2.27. The number of aryl methyl sites for hydroxylation is 1. The molecule has 0 aromatic carbocycles. The first-order chi connectivity index (χ1) is 9.76. The maximum Gasteiger partial charge on any atom is 0.162 e. The van der Waals surface area contributed by atoms with Gasteiger partial charge in [-0.25, -0.2) is 9.97 Å². The Kier molecular flexibility index (Phi) is 6.44. The van der Waals surface area contributed by atoms with E-state index in [4.69, 9.17) is 14.5 Å². The third-order valence-electron chi connectivity index (χ3n) is 3.07. The van der Waals surface area contributed by atoms with E-state index >= 15 is 0 Å². The standard InChI is InChI=1S/C14H22IN3O2/c1-3-5-10-12(15)14(16-6-4-2)18-13(17-10)11-9-19-7-8-20-11/h11H,3-9H2,1-2H3,(H,16,17,18). The minimum absolute atomic E-state index is 0.140. The molecule has 1 fully saturated rings. The van der Waals surface area contributed by atoms with Crippen LogP contribution in [-0.2, 0) is 15.9 Å². The molecule has 1 atom stereocenters. The van der Waals surface area contributed by atoms with Gasteiger partial charge in [0.1, 0.15) is 11.9 Å². The molecule has 1 saturated heterocycles. The maximum absolute atomic E-state index is 5.72. The van der Waals surface area contributed by atoms with Gasteiger partial charge in [-0.05, 0) is 35.4 Å². The van der Waals surface area contributed by atoms with Crippen LogP contribution < -0.4 is 5.32 Å². The molecule has 2 heterocycles. The predicted octanol–water partition coefficient (Wildman–Crippen LogP) is 2.94. The lowest BCUT2D eigenvalue weighted by atomic mass is 10.2. The topological polar surface area (TPSA) is 56.3 Å². The zero-order valence-electron chi connectivity index (χ0n) is 12.1. The minimum Gasteiger partial charge on any atom is -0.376 e. The van der Waals surface area contributed by atoms with Crippen LogP contribution in [0.25, 0.3) is 0 Å². The molecule has 2 rings (SSSR count). The molecule has 0 saturated carbocycles. The fraction of sp³-hybridized carbons (Fsp3) is 0.714. The highest BCUT2D eigenvalue weighted by molar-refractivity contribution is 14.1. The fourth-order valence-electron chi connectivity index (χ4n) is 2.06. The fourth-order valence-corrected chi connectivity index (χ4v) is 2.76. The summed E-state index contributed by atoms with van der Waals surface area (Å²) in [6, 6.07) is 0. The van der Waals surface area contributed by atoms with E-state index in [2.05, 4.69) is 46.7 Å². The van der Waals surface area contributed by atoms with Crippen LogP contribution in [0.4, 0.5) is 5.82 Å². The molecule has 1 aromatic heterocycles. The molecule has 1 aromatic rings. The zero-order valence-corrected chi connectivity index (χ0v) is 14.3. The summed E-state index contributed by atoms with van der Waals surface area (Å²) in [6.45, 7) is 7.04. The Morgan fingerprint density at radius 2 is 2.10 bits per heavy atom. The molecule has 0 amide bonds. The van der Waals surface area contributed by atoms with Crippen LogP contribution in [0.1, 0.15) is 44.3 Å². The van der Waals surface area contributed by atoms with E-state index in [0.717, 1.165) is 46.7 Å². The van der Waals surface area contributed by atoms with Gasteiger partial charge in [-0.15, -0.1) is 0 Å². The summed E-state index contributed by atoms with van der Waals surface area (Å²) in [5, 5.41) is 3.39. The van der Waals surface area contributed by atoms with Crippen molar-refractivity contribution < 1.29 is 9.47 Å². The van der Waals surface area contributed by atoms with Gasteiger partial charge in [0.2, 0.25) is 0 Å². The quantitative estimate of drug-likeness (QED) is 0.756. The summed E-state index contributed by atoms with van der Waals surface area (Å²) in [6.07, 6.45) is 2.96. The van der Waals surface area contributed by atoms with E-state index in [9.17, 15) is 0 Å². The number of halogens is 1. The molecule has 6 heteroatoms. The number of hydrogen-bond donors (Lipinski definition) is 1. The molecule has 0 bridgehead atoms. The first kappa shape index (κ1) is 15.9. The number of aromatic nitrogens is 2. The molecule has 0 spiro atoms. The van der Waals surface area contributed by atoms with E-state index in [1.807, 2.05) is 0 Å². The number of anilines is 1. The molecule has 1 aliphatic rings. The minimum atomic E-state index is -0.140. The number of nitrogens with zero attached hydrogens (tertiary/aromatic N) is 2. The van der Waals surface area contributed by atoms with Gasteiger partial charge in [-0.1, -0.05) is 20.3 Å². The Hall–Kier alpha value is -0.470. The van der Waals surface area contributed by atoms with E-state index in [0.29, 0.717) is 19.8 Å². The molecule has 0 aliphatic carbocycles. The third kappa shape index (κ3) is 4.02. The van der Waals surface area contributed by atoms with Crippen molar-refractivity contribution in [2.45, 2.75) is 39.2 Å². The second-order valence-electron chi connectivity index (χ2n) is 4.80. The van der Waals surface area contributed by atoms with Crippen molar-refractivity contribution in [3.05, 3.63) is 15.1 Å². The van der Waals surface area contributed by atoms with Gasteiger partial charge in [0.05, 0.1) is 29.1 Å². The molecule has 1 aliphatic heterocycles. The SMILES string of the molecule is CCCNc1nc(C2COCCO2)nc(CCC)c1I. The number of nitrogens with one attached hydrogen (secondary N) is 1. The van der Waals surface area contributed by atoms with Crippen LogP contribution in [0.15, 0.2) is 0 Å². The highest BCUT2D eigenvalue weighted by atomic mass is 127. The molecule has 5 nitrogen and oxygen atoms in total. The van der Waals surface area contributed by atoms with Crippen molar-refractivity contribution in [1.82, 2.24) is 9.97 Å². The van der Waals surface area contributed by atoms with E-state index < -0.39 is 0 Å². The second-order valence-corrected chi connectivity index (χ2v) is 5.88. The van der Waals surface area contributed by atoms with Crippen molar-refractivity contribution in [1.29, 1.82) is 0 Å². The van der Waals surface area contributed by atoms with E-state index in [1.54, 1.807) is 0 Å². The van der Waals surface area contributed by atoms with Crippen LogP contribution in [0, 0.1) is 3.57 Å². The lowest BCUT2D eigenvalue weighted by molar-refractivity contribution is -0.0935. The number of ether oxygens (including phenoxy) is 2.